The van der Waals surface area contributed by atoms with Gasteiger partial charge in [-0.05, 0) is 62.7 Å². The van der Waals surface area contributed by atoms with E-state index >= 15 is 0 Å². The van der Waals surface area contributed by atoms with Crippen molar-refractivity contribution in [1.82, 2.24) is 0 Å². The van der Waals surface area contributed by atoms with E-state index in [1.54, 1.807) is 6.92 Å². The molecule has 0 amide bonds. The van der Waals surface area contributed by atoms with E-state index in [9.17, 15) is 4.79 Å². The van der Waals surface area contributed by atoms with Gasteiger partial charge in [0.15, 0.2) is 0 Å². The Morgan fingerprint density at radius 3 is 1.96 bits per heavy atom. The first-order valence-corrected chi connectivity index (χ1v) is 8.81. The number of fused-ring (bicyclic) bond motifs is 4. The summed E-state index contributed by atoms with van der Waals surface area (Å²) >= 11 is 0. The molecule has 4 aliphatic carbocycles. The third-order valence-corrected chi connectivity index (χ3v) is 5.12. The molecule has 6 atom stereocenters. The first kappa shape index (κ1) is 18.4. The summed E-state index contributed by atoms with van der Waals surface area (Å²) in [4.78, 5) is 10.4. The first-order valence-electron chi connectivity index (χ1n) is 8.81. The molecule has 6 unspecified atom stereocenters. The van der Waals surface area contributed by atoms with Crippen LogP contribution in [0.4, 0.5) is 0 Å². The van der Waals surface area contributed by atoms with Gasteiger partial charge < -0.3 is 19.7 Å². The summed E-state index contributed by atoms with van der Waals surface area (Å²) in [5.41, 5.74) is 0. The van der Waals surface area contributed by atoms with Gasteiger partial charge in [-0.25, -0.2) is 0 Å². The molecule has 0 spiro atoms. The minimum atomic E-state index is -0.479. The van der Waals surface area contributed by atoms with E-state index in [4.69, 9.17) is 10.2 Å². The number of aliphatic hydroxyl groups is 2. The lowest BCUT2D eigenvalue weighted by Crippen LogP contribution is -2.10. The van der Waals surface area contributed by atoms with Crippen molar-refractivity contribution >= 4 is 6.29 Å². The maximum Gasteiger partial charge on any atom is 0.143 e. The number of carbonyl (C=O) groups is 1. The molecule has 0 heterocycles. The van der Waals surface area contributed by atoms with Gasteiger partial charge in [0, 0.05) is 5.92 Å². The standard InChI is InChI=1S/C8H10O.C7H10.C4H10O3/c9-5-8-4-6-1-2-7(8)3-6;1-2-7-4-3-6(1)5-7;1-4(6)2-7-3-5/h1-2,5-8H,3-4H2;1-2,6-7H,3-5H2;4-6H,2-3H2,1H3. The summed E-state index contributed by atoms with van der Waals surface area (Å²) in [5, 5.41) is 16.4. The zero-order chi connectivity index (χ0) is 16.7. The molecule has 4 nitrogen and oxygen atoms in total. The Morgan fingerprint density at radius 2 is 1.74 bits per heavy atom. The highest BCUT2D eigenvalue weighted by Gasteiger charge is 2.34. The lowest BCUT2D eigenvalue weighted by molar-refractivity contribution is -0.111. The number of carbonyl (C=O) groups excluding carboxylic acids is 1. The van der Waals surface area contributed by atoms with Crippen molar-refractivity contribution < 1.29 is 19.7 Å². The Morgan fingerprint density at radius 1 is 1.09 bits per heavy atom. The average Bonchev–Trinajstić information content (AvgIpc) is 3.34. The lowest BCUT2D eigenvalue weighted by atomic mass is 9.95. The van der Waals surface area contributed by atoms with Gasteiger partial charge in [0.1, 0.15) is 13.1 Å². The van der Waals surface area contributed by atoms with Crippen LogP contribution in [-0.4, -0.2) is 36.0 Å². The summed E-state index contributed by atoms with van der Waals surface area (Å²) in [5.74, 6) is 3.69. The monoisotopic (exact) mass is 322 g/mol. The molecule has 4 heteroatoms. The number of rotatable bonds is 4. The number of ether oxygens (including phenoxy) is 1. The van der Waals surface area contributed by atoms with Crippen LogP contribution in [0.25, 0.3) is 0 Å². The van der Waals surface area contributed by atoms with E-state index in [1.165, 1.54) is 25.7 Å². The third kappa shape index (κ3) is 5.87. The first-order chi connectivity index (χ1) is 11.1. The Balaban J connectivity index is 0.000000127. The van der Waals surface area contributed by atoms with Crippen molar-refractivity contribution in [2.45, 2.75) is 45.1 Å². The van der Waals surface area contributed by atoms with Crippen molar-refractivity contribution in [3.05, 3.63) is 24.3 Å². The topological polar surface area (TPSA) is 66.8 Å². The van der Waals surface area contributed by atoms with Crippen molar-refractivity contribution in [2.75, 3.05) is 13.4 Å². The van der Waals surface area contributed by atoms with Crippen LogP contribution in [0.5, 0.6) is 0 Å². The summed E-state index contributed by atoms with van der Waals surface area (Å²) in [6, 6.07) is 0. The number of aldehydes is 1. The van der Waals surface area contributed by atoms with Crippen LogP contribution in [0, 0.1) is 29.6 Å². The molecule has 0 aromatic heterocycles. The fraction of sp³-hybridized carbons (Fsp3) is 0.737. The van der Waals surface area contributed by atoms with Crippen LogP contribution < -0.4 is 0 Å². The second-order valence-electron chi connectivity index (χ2n) is 7.15. The maximum absolute atomic E-state index is 10.4. The molecule has 0 saturated heterocycles. The van der Waals surface area contributed by atoms with Crippen molar-refractivity contribution in [3.8, 4) is 0 Å². The molecule has 0 aromatic carbocycles. The van der Waals surface area contributed by atoms with Crippen LogP contribution in [0.2, 0.25) is 0 Å². The number of hydrogen-bond donors (Lipinski definition) is 2. The van der Waals surface area contributed by atoms with Gasteiger partial charge in [0.25, 0.3) is 0 Å². The van der Waals surface area contributed by atoms with Crippen molar-refractivity contribution in [3.63, 3.8) is 0 Å². The number of allylic oxidation sites excluding steroid dienone is 4. The molecule has 2 fully saturated rings. The molecular formula is C19H30O4. The molecule has 4 rings (SSSR count). The second-order valence-corrected chi connectivity index (χ2v) is 7.15. The fourth-order valence-corrected chi connectivity index (χ4v) is 3.92. The molecule has 23 heavy (non-hydrogen) atoms. The Kier molecular flexibility index (Phi) is 7.47. The Labute approximate surface area is 139 Å². The quantitative estimate of drug-likeness (QED) is 0.474. The summed E-state index contributed by atoms with van der Waals surface area (Å²) in [6.07, 6.45) is 16.6. The van der Waals surface area contributed by atoms with E-state index in [1.807, 2.05) is 0 Å². The molecule has 4 bridgehead atoms. The largest absolute Gasteiger partial charge is 0.391 e. The number of hydrogen-bond acceptors (Lipinski definition) is 4. The predicted octanol–water partition coefficient (Wildman–Crippen LogP) is 2.70. The highest BCUT2D eigenvalue weighted by molar-refractivity contribution is 5.56. The van der Waals surface area contributed by atoms with Crippen LogP contribution in [0.15, 0.2) is 24.3 Å². The summed E-state index contributed by atoms with van der Waals surface area (Å²) < 4.78 is 4.40. The number of aliphatic hydroxyl groups excluding tert-OH is 2. The minimum absolute atomic E-state index is 0.205. The van der Waals surface area contributed by atoms with Gasteiger partial charge in [-0.1, -0.05) is 24.3 Å². The summed E-state index contributed by atoms with van der Waals surface area (Å²) in [6.45, 7) is 1.48. The molecule has 4 aliphatic rings. The Hall–Kier alpha value is -0.970. The van der Waals surface area contributed by atoms with E-state index in [0.717, 1.165) is 30.5 Å². The van der Waals surface area contributed by atoms with Gasteiger partial charge in [-0.2, -0.15) is 0 Å². The van der Waals surface area contributed by atoms with Gasteiger partial charge in [0.05, 0.1) is 12.7 Å². The normalized spacial score (nSPS) is 36.2. The highest BCUT2D eigenvalue weighted by atomic mass is 16.6. The SMILES string of the molecule is C1=CC2CCC1C2.CC(O)COCO.O=CC1CC2C=CC1C2. The second kappa shape index (κ2) is 9.36. The third-order valence-electron chi connectivity index (χ3n) is 5.12. The molecule has 2 saturated carbocycles. The molecule has 0 aliphatic heterocycles. The summed E-state index contributed by atoms with van der Waals surface area (Å²) in [7, 11) is 0. The zero-order valence-electron chi connectivity index (χ0n) is 14.0. The molecule has 0 radical (unpaired) electrons. The van der Waals surface area contributed by atoms with Crippen LogP contribution in [-0.2, 0) is 9.53 Å². The van der Waals surface area contributed by atoms with Gasteiger partial charge in [0.2, 0.25) is 0 Å². The van der Waals surface area contributed by atoms with Crippen LogP contribution in [0.3, 0.4) is 0 Å². The van der Waals surface area contributed by atoms with Gasteiger partial charge in [-0.3, -0.25) is 0 Å². The van der Waals surface area contributed by atoms with Crippen LogP contribution in [0.1, 0.15) is 39.0 Å². The van der Waals surface area contributed by atoms with Crippen LogP contribution >= 0.6 is 0 Å². The molecular weight excluding hydrogens is 292 g/mol. The van der Waals surface area contributed by atoms with E-state index in [2.05, 4.69) is 29.0 Å². The predicted molar refractivity (Wildman–Crippen MR) is 89.6 cm³/mol. The lowest BCUT2D eigenvalue weighted by Gasteiger charge is -2.08. The van der Waals surface area contributed by atoms with Crippen molar-refractivity contribution in [1.29, 1.82) is 0 Å². The molecule has 2 N–H and O–H groups in total. The highest BCUT2D eigenvalue weighted by Crippen LogP contribution is 2.42. The average molecular weight is 322 g/mol. The Bertz CT molecular complexity index is 404. The zero-order valence-corrected chi connectivity index (χ0v) is 14.0. The van der Waals surface area contributed by atoms with Crippen molar-refractivity contribution in [2.24, 2.45) is 29.6 Å². The van der Waals surface area contributed by atoms with Gasteiger partial charge in [-0.15, -0.1) is 0 Å². The van der Waals surface area contributed by atoms with Gasteiger partial charge >= 0.3 is 0 Å². The van der Waals surface area contributed by atoms with E-state index in [0.29, 0.717) is 11.8 Å². The smallest absolute Gasteiger partial charge is 0.143 e. The fourth-order valence-electron chi connectivity index (χ4n) is 3.92. The maximum atomic E-state index is 10.4. The molecule has 130 valence electrons. The van der Waals surface area contributed by atoms with E-state index < -0.39 is 6.10 Å². The minimum Gasteiger partial charge on any atom is -0.391 e. The van der Waals surface area contributed by atoms with E-state index in [-0.39, 0.29) is 13.4 Å². The molecule has 0 aromatic rings.